The van der Waals surface area contributed by atoms with E-state index in [1.165, 1.54) is 11.1 Å². The van der Waals surface area contributed by atoms with Gasteiger partial charge in [0.1, 0.15) is 11.5 Å². The first-order valence-electron chi connectivity index (χ1n) is 12.2. The molecule has 0 heterocycles. The molecule has 4 heteroatoms. The molecule has 0 aromatic heterocycles. The highest BCUT2D eigenvalue weighted by Gasteiger charge is 2.57. The Balaban J connectivity index is 2.04. The van der Waals surface area contributed by atoms with Crippen LogP contribution in [0.1, 0.15) is 84.3 Å². The molecule has 1 aromatic rings. The van der Waals surface area contributed by atoms with Crippen LogP contribution in [0.5, 0.6) is 11.5 Å². The summed E-state index contributed by atoms with van der Waals surface area (Å²) < 4.78 is 5.51. The lowest BCUT2D eigenvalue weighted by molar-refractivity contribution is -0.138. The number of phenolic OH excluding ortho intramolecular Hbond substituents is 1. The number of hydrogen-bond acceptors (Lipinski definition) is 3. The maximum Gasteiger partial charge on any atom is 0.303 e. The number of carboxylic acid groups (broad SMARTS) is 1. The summed E-state index contributed by atoms with van der Waals surface area (Å²) in [6.07, 6.45) is 6.21. The Hall–Kier alpha value is -1.97. The Bertz CT molecular complexity index is 897. The average Bonchev–Trinajstić information content (AvgIpc) is 2.72. The van der Waals surface area contributed by atoms with Crippen molar-refractivity contribution in [1.29, 1.82) is 0 Å². The number of aromatic hydroxyl groups is 1. The van der Waals surface area contributed by atoms with Crippen LogP contribution >= 0.6 is 0 Å². The molecule has 2 aliphatic carbocycles. The number of fused-ring (bicyclic) bond motifs is 1. The van der Waals surface area contributed by atoms with Crippen LogP contribution in [-0.4, -0.2) is 23.3 Å². The third-order valence-electron chi connectivity index (χ3n) is 9.20. The molecule has 1 aromatic carbocycles. The van der Waals surface area contributed by atoms with Crippen molar-refractivity contribution in [3.05, 3.63) is 34.4 Å². The first-order chi connectivity index (χ1) is 14.9. The second-order valence-corrected chi connectivity index (χ2v) is 11.2. The molecule has 4 nitrogen and oxygen atoms in total. The van der Waals surface area contributed by atoms with E-state index in [1.54, 1.807) is 7.11 Å². The molecule has 2 N–H and O–H groups in total. The van der Waals surface area contributed by atoms with E-state index in [9.17, 15) is 15.0 Å². The van der Waals surface area contributed by atoms with Gasteiger partial charge >= 0.3 is 5.97 Å². The van der Waals surface area contributed by atoms with E-state index < -0.39 is 5.97 Å². The average molecular weight is 443 g/mol. The van der Waals surface area contributed by atoms with E-state index >= 15 is 0 Å². The third-order valence-corrected chi connectivity index (χ3v) is 9.20. The first-order valence-corrected chi connectivity index (χ1v) is 12.2. The van der Waals surface area contributed by atoms with Crippen LogP contribution in [0.2, 0.25) is 0 Å². The number of ether oxygens (including phenoxy) is 1. The Morgan fingerprint density at radius 3 is 2.50 bits per heavy atom. The summed E-state index contributed by atoms with van der Waals surface area (Å²) >= 11 is 0. The van der Waals surface area contributed by atoms with Gasteiger partial charge in [-0.15, -0.1) is 0 Å². The fourth-order valence-corrected chi connectivity index (χ4v) is 7.22. The minimum atomic E-state index is -0.701. The van der Waals surface area contributed by atoms with Crippen LogP contribution in [0, 0.1) is 35.5 Å². The third kappa shape index (κ3) is 4.30. The highest BCUT2D eigenvalue weighted by molar-refractivity contribution is 5.66. The highest BCUT2D eigenvalue weighted by atomic mass is 16.5. The molecule has 5 atom stereocenters. The molecule has 0 saturated heterocycles. The first kappa shape index (κ1) is 24.7. The molecule has 178 valence electrons. The largest absolute Gasteiger partial charge is 0.507 e. The Kier molecular flexibility index (Phi) is 7.02. The van der Waals surface area contributed by atoms with Crippen LogP contribution in [0.25, 0.3) is 0 Å². The van der Waals surface area contributed by atoms with Crippen LogP contribution in [-0.2, 0) is 11.2 Å². The SMILES string of the molecule is COc1cc(C)c(O)c(C[C@@]2(C)[C@@H]3CCC(=C(C)C)[C@H](CCC(=O)O)[C@@]3(C)CC[C@@H]2C)c1. The molecule has 2 saturated carbocycles. The molecular weight excluding hydrogens is 400 g/mol. The summed E-state index contributed by atoms with van der Waals surface area (Å²) in [6, 6.07) is 3.89. The summed E-state index contributed by atoms with van der Waals surface area (Å²) in [5.41, 5.74) is 4.77. The van der Waals surface area contributed by atoms with Gasteiger partial charge in [-0.3, -0.25) is 4.79 Å². The zero-order valence-corrected chi connectivity index (χ0v) is 21.0. The summed E-state index contributed by atoms with van der Waals surface area (Å²) in [4.78, 5) is 11.5. The van der Waals surface area contributed by atoms with Crippen LogP contribution in [0.15, 0.2) is 23.3 Å². The van der Waals surface area contributed by atoms with Crippen molar-refractivity contribution in [2.45, 2.75) is 86.5 Å². The summed E-state index contributed by atoms with van der Waals surface area (Å²) in [5, 5.41) is 20.3. The summed E-state index contributed by atoms with van der Waals surface area (Å²) in [7, 11) is 1.67. The van der Waals surface area contributed by atoms with Gasteiger partial charge in [0.15, 0.2) is 0 Å². The second-order valence-electron chi connectivity index (χ2n) is 11.2. The Morgan fingerprint density at radius 1 is 1.22 bits per heavy atom. The van der Waals surface area contributed by atoms with Gasteiger partial charge in [-0.2, -0.15) is 0 Å². The number of benzene rings is 1. The van der Waals surface area contributed by atoms with Gasteiger partial charge in [-0.1, -0.05) is 31.9 Å². The predicted octanol–water partition coefficient (Wildman–Crippen LogP) is 6.92. The maximum absolute atomic E-state index is 11.5. The van der Waals surface area contributed by atoms with Gasteiger partial charge in [0.2, 0.25) is 0 Å². The molecule has 0 unspecified atom stereocenters. The lowest BCUT2D eigenvalue weighted by Crippen LogP contribution is -2.54. The predicted molar refractivity (Wildman–Crippen MR) is 129 cm³/mol. The molecule has 0 aliphatic heterocycles. The van der Waals surface area contributed by atoms with Crippen molar-refractivity contribution in [3.8, 4) is 11.5 Å². The number of aryl methyl sites for hydroxylation is 1. The number of phenols is 1. The van der Waals surface area contributed by atoms with E-state index in [-0.39, 0.29) is 17.3 Å². The zero-order chi connectivity index (χ0) is 23.8. The molecule has 2 aliphatic rings. The summed E-state index contributed by atoms with van der Waals surface area (Å²) in [5.74, 6) is 1.79. The zero-order valence-electron chi connectivity index (χ0n) is 21.0. The van der Waals surface area contributed by atoms with E-state index in [4.69, 9.17) is 4.74 Å². The lowest BCUT2D eigenvalue weighted by Gasteiger charge is -2.61. The molecule has 32 heavy (non-hydrogen) atoms. The number of rotatable bonds is 6. The fraction of sp³-hybridized carbons (Fsp3) is 0.679. The van der Waals surface area contributed by atoms with E-state index in [0.29, 0.717) is 23.5 Å². The van der Waals surface area contributed by atoms with Gasteiger partial charge in [-0.25, -0.2) is 0 Å². The van der Waals surface area contributed by atoms with Crippen LogP contribution in [0.3, 0.4) is 0 Å². The number of allylic oxidation sites excluding steroid dienone is 2. The molecule has 0 bridgehead atoms. The second kappa shape index (κ2) is 9.11. The number of carbonyl (C=O) groups is 1. The van der Waals surface area contributed by atoms with E-state index in [2.05, 4.69) is 34.6 Å². The number of methoxy groups -OCH3 is 1. The van der Waals surface area contributed by atoms with Gasteiger partial charge < -0.3 is 14.9 Å². The topological polar surface area (TPSA) is 66.8 Å². The van der Waals surface area contributed by atoms with Crippen molar-refractivity contribution in [3.63, 3.8) is 0 Å². The van der Waals surface area contributed by atoms with E-state index in [0.717, 1.165) is 55.4 Å². The van der Waals surface area contributed by atoms with E-state index in [1.807, 2.05) is 19.1 Å². The van der Waals surface area contributed by atoms with Crippen molar-refractivity contribution in [2.75, 3.05) is 7.11 Å². The standard InChI is InChI=1S/C28H42O4/c1-17(2)22-8-10-24-27(5,23(22)9-11-25(29)30)13-12-19(4)28(24,6)16-20-15-21(32-7)14-18(3)26(20)31/h14-15,19,23-24,31H,8-13,16H2,1-7H3,(H,29,30)/t19-,23-,24+,27+,28+/m0/s1. The Labute approximate surface area is 194 Å². The van der Waals surface area contributed by atoms with Gasteiger partial charge in [0, 0.05) is 6.42 Å². The number of carboxylic acids is 1. The highest BCUT2D eigenvalue weighted by Crippen LogP contribution is 2.65. The van der Waals surface area contributed by atoms with Crippen molar-refractivity contribution >= 4 is 5.97 Å². The number of aliphatic carboxylic acids is 1. The van der Waals surface area contributed by atoms with Crippen LogP contribution < -0.4 is 4.74 Å². The Morgan fingerprint density at radius 2 is 1.91 bits per heavy atom. The maximum atomic E-state index is 11.5. The smallest absolute Gasteiger partial charge is 0.303 e. The normalized spacial score (nSPS) is 32.3. The van der Waals surface area contributed by atoms with Crippen molar-refractivity contribution in [1.82, 2.24) is 0 Å². The molecular formula is C28H42O4. The molecule has 2 fully saturated rings. The van der Waals surface area contributed by atoms with Gasteiger partial charge in [0.05, 0.1) is 7.11 Å². The lowest BCUT2D eigenvalue weighted by atomic mass is 9.43. The minimum absolute atomic E-state index is 0.0257. The number of hydrogen-bond donors (Lipinski definition) is 2. The van der Waals surface area contributed by atoms with Crippen molar-refractivity contribution in [2.24, 2.45) is 28.6 Å². The van der Waals surface area contributed by atoms with Crippen LogP contribution in [0.4, 0.5) is 0 Å². The van der Waals surface area contributed by atoms with Gasteiger partial charge in [-0.05, 0) is 111 Å². The molecule has 3 rings (SSSR count). The quantitative estimate of drug-likeness (QED) is 0.469. The van der Waals surface area contributed by atoms with Gasteiger partial charge in [0.25, 0.3) is 0 Å². The molecule has 0 spiro atoms. The molecule has 0 amide bonds. The van der Waals surface area contributed by atoms with Crippen molar-refractivity contribution < 1.29 is 19.7 Å². The summed E-state index contributed by atoms with van der Waals surface area (Å²) in [6.45, 7) is 13.5. The molecule has 0 radical (unpaired) electrons. The monoisotopic (exact) mass is 442 g/mol. The fourth-order valence-electron chi connectivity index (χ4n) is 7.22. The minimum Gasteiger partial charge on any atom is -0.507 e.